The fourth-order valence-electron chi connectivity index (χ4n) is 3.65. The molecule has 0 bridgehead atoms. The lowest BCUT2D eigenvalue weighted by molar-refractivity contribution is 0.0703. The second-order valence-corrected chi connectivity index (χ2v) is 7.47. The van der Waals surface area contributed by atoms with Gasteiger partial charge in [0.1, 0.15) is 0 Å². The number of piperidine rings is 1. The fourth-order valence-corrected chi connectivity index (χ4v) is 4.77. The largest absolute Gasteiger partial charge is 0.339 e. The molecule has 1 saturated heterocycles. The molecule has 0 atom stereocenters. The molecular weight excluding hydrogens is 310 g/mol. The van der Waals surface area contributed by atoms with Crippen molar-refractivity contribution in [3.63, 3.8) is 0 Å². The third-order valence-corrected chi connectivity index (χ3v) is 6.06. The van der Waals surface area contributed by atoms with Gasteiger partial charge in [0.2, 0.25) is 5.89 Å². The summed E-state index contributed by atoms with van der Waals surface area (Å²) in [4.78, 5) is 20.6. The molecule has 0 unspecified atom stereocenters. The molecule has 2 aromatic heterocycles. The van der Waals surface area contributed by atoms with Crippen LogP contribution in [0.15, 0.2) is 9.90 Å². The van der Waals surface area contributed by atoms with Crippen molar-refractivity contribution in [3.8, 4) is 0 Å². The first kappa shape index (κ1) is 14.9. The van der Waals surface area contributed by atoms with Crippen molar-refractivity contribution in [2.24, 2.45) is 0 Å². The smallest absolute Gasteiger partial charge is 0.254 e. The maximum absolute atomic E-state index is 12.9. The van der Waals surface area contributed by atoms with Crippen molar-refractivity contribution in [3.05, 3.63) is 33.1 Å². The number of likely N-dealkylation sites (tertiary alicyclic amines) is 1. The maximum Gasteiger partial charge on any atom is 0.254 e. The molecule has 2 aliphatic rings. The van der Waals surface area contributed by atoms with Gasteiger partial charge in [-0.05, 0) is 51.0 Å². The van der Waals surface area contributed by atoms with Crippen LogP contribution in [-0.4, -0.2) is 34.0 Å². The Morgan fingerprint density at radius 3 is 2.83 bits per heavy atom. The lowest BCUT2D eigenvalue weighted by Crippen LogP contribution is -2.38. The van der Waals surface area contributed by atoms with Crippen LogP contribution in [0.5, 0.6) is 0 Å². The minimum absolute atomic E-state index is 0.213. The highest BCUT2D eigenvalue weighted by atomic mass is 32.1. The van der Waals surface area contributed by atoms with Gasteiger partial charge in [0.25, 0.3) is 5.91 Å². The number of fused-ring (bicyclic) bond motifs is 1. The zero-order chi connectivity index (χ0) is 15.8. The molecule has 5 nitrogen and oxygen atoms in total. The van der Waals surface area contributed by atoms with Crippen molar-refractivity contribution in [1.82, 2.24) is 15.0 Å². The van der Waals surface area contributed by atoms with Crippen LogP contribution in [0.25, 0.3) is 0 Å². The molecule has 23 heavy (non-hydrogen) atoms. The molecule has 1 fully saturated rings. The number of hydrogen-bond acceptors (Lipinski definition) is 5. The lowest BCUT2D eigenvalue weighted by Gasteiger charge is -2.30. The Morgan fingerprint density at radius 1 is 1.30 bits per heavy atom. The van der Waals surface area contributed by atoms with E-state index in [9.17, 15) is 4.79 Å². The predicted octanol–water partition coefficient (Wildman–Crippen LogP) is 3.34. The van der Waals surface area contributed by atoms with E-state index in [1.165, 1.54) is 23.3 Å². The summed E-state index contributed by atoms with van der Waals surface area (Å²) >= 11 is 1.76. The van der Waals surface area contributed by atoms with Gasteiger partial charge in [-0.15, -0.1) is 11.3 Å². The fraction of sp³-hybridized carbons (Fsp3) is 0.588. The second kappa shape index (κ2) is 6.07. The van der Waals surface area contributed by atoms with Crippen molar-refractivity contribution in [1.29, 1.82) is 0 Å². The number of hydrogen-bond donors (Lipinski definition) is 0. The predicted molar refractivity (Wildman–Crippen MR) is 87.9 cm³/mol. The zero-order valence-electron chi connectivity index (χ0n) is 13.4. The summed E-state index contributed by atoms with van der Waals surface area (Å²) in [5, 5.41) is 5.94. The number of amides is 1. The number of carbonyl (C=O) groups is 1. The number of rotatable bonds is 2. The van der Waals surface area contributed by atoms with E-state index in [1.54, 1.807) is 11.3 Å². The normalized spacial score (nSPS) is 18.9. The number of aryl methyl sites for hydroxylation is 2. The minimum atomic E-state index is 0.213. The number of thiophene rings is 1. The van der Waals surface area contributed by atoms with E-state index >= 15 is 0 Å². The van der Waals surface area contributed by atoms with Gasteiger partial charge in [0.05, 0.1) is 5.56 Å². The summed E-state index contributed by atoms with van der Waals surface area (Å²) in [6.45, 7) is 3.39. The Morgan fingerprint density at radius 2 is 2.09 bits per heavy atom. The van der Waals surface area contributed by atoms with Gasteiger partial charge in [-0.2, -0.15) is 4.98 Å². The molecule has 2 aromatic rings. The van der Waals surface area contributed by atoms with Gasteiger partial charge in [-0.1, -0.05) is 5.16 Å². The Balaban J connectivity index is 1.44. The molecule has 1 amide bonds. The summed E-state index contributed by atoms with van der Waals surface area (Å²) in [5.41, 5.74) is 2.28. The zero-order valence-corrected chi connectivity index (χ0v) is 14.2. The molecule has 0 N–H and O–H groups in total. The first-order valence-corrected chi connectivity index (χ1v) is 9.29. The average molecular weight is 331 g/mol. The van der Waals surface area contributed by atoms with Crippen molar-refractivity contribution in [2.45, 2.75) is 51.4 Å². The van der Waals surface area contributed by atoms with E-state index in [1.807, 2.05) is 11.8 Å². The monoisotopic (exact) mass is 331 g/mol. The Hall–Kier alpha value is -1.69. The van der Waals surface area contributed by atoms with Crippen LogP contribution in [0.2, 0.25) is 0 Å². The topological polar surface area (TPSA) is 59.2 Å². The van der Waals surface area contributed by atoms with E-state index < -0.39 is 0 Å². The van der Waals surface area contributed by atoms with Gasteiger partial charge < -0.3 is 9.42 Å². The highest BCUT2D eigenvalue weighted by molar-refractivity contribution is 7.10. The van der Waals surface area contributed by atoms with E-state index in [-0.39, 0.29) is 11.8 Å². The quantitative estimate of drug-likeness (QED) is 0.847. The Bertz CT molecular complexity index is 713. The van der Waals surface area contributed by atoms with E-state index in [4.69, 9.17) is 4.52 Å². The number of carbonyl (C=O) groups excluding carboxylic acids is 1. The van der Waals surface area contributed by atoms with Gasteiger partial charge in [0.15, 0.2) is 5.82 Å². The number of aromatic nitrogens is 2. The average Bonchev–Trinajstić information content (AvgIpc) is 3.21. The summed E-state index contributed by atoms with van der Waals surface area (Å²) in [5.74, 6) is 1.91. The van der Waals surface area contributed by atoms with Crippen LogP contribution in [0, 0.1) is 6.92 Å². The third-order valence-electron chi connectivity index (χ3n) is 4.97. The summed E-state index contributed by atoms with van der Waals surface area (Å²) < 4.78 is 5.28. The van der Waals surface area contributed by atoms with Crippen LogP contribution in [0.3, 0.4) is 0 Å². The van der Waals surface area contributed by atoms with Crippen molar-refractivity contribution >= 4 is 17.2 Å². The van der Waals surface area contributed by atoms with Crippen LogP contribution in [0.1, 0.15) is 64.1 Å². The summed E-state index contributed by atoms with van der Waals surface area (Å²) in [7, 11) is 0. The second-order valence-electron chi connectivity index (χ2n) is 6.50. The highest BCUT2D eigenvalue weighted by Crippen LogP contribution is 2.33. The summed E-state index contributed by atoms with van der Waals surface area (Å²) in [6, 6.07) is 0. The molecule has 6 heteroatoms. The SMILES string of the molecule is Cc1noc(C2CCN(C(=O)c3csc4c3CCCC4)CC2)n1. The Kier molecular flexibility index (Phi) is 3.93. The third kappa shape index (κ3) is 2.80. The first-order valence-electron chi connectivity index (χ1n) is 8.41. The first-order chi connectivity index (χ1) is 11.2. The molecule has 0 spiro atoms. The van der Waals surface area contributed by atoms with Crippen LogP contribution < -0.4 is 0 Å². The molecule has 0 saturated carbocycles. The Labute approximate surface area is 139 Å². The van der Waals surface area contributed by atoms with Crippen LogP contribution in [-0.2, 0) is 12.8 Å². The van der Waals surface area contributed by atoms with Gasteiger partial charge in [-0.3, -0.25) is 4.79 Å². The molecule has 3 heterocycles. The standard InChI is InChI=1S/C17H21N3O2S/c1-11-18-16(22-19-11)12-6-8-20(9-7-12)17(21)14-10-23-15-5-3-2-4-13(14)15/h10,12H,2-9H2,1H3. The van der Waals surface area contributed by atoms with Gasteiger partial charge in [0, 0.05) is 29.3 Å². The maximum atomic E-state index is 12.9. The molecular formula is C17H21N3O2S. The highest BCUT2D eigenvalue weighted by Gasteiger charge is 2.29. The summed E-state index contributed by atoms with van der Waals surface area (Å²) in [6.07, 6.45) is 6.49. The molecule has 1 aliphatic carbocycles. The molecule has 4 rings (SSSR count). The number of nitrogens with zero attached hydrogens (tertiary/aromatic N) is 3. The van der Waals surface area contributed by atoms with E-state index in [2.05, 4.69) is 15.5 Å². The van der Waals surface area contributed by atoms with Crippen molar-refractivity contribution < 1.29 is 9.32 Å². The molecule has 122 valence electrons. The van der Waals surface area contributed by atoms with Gasteiger partial charge >= 0.3 is 0 Å². The van der Waals surface area contributed by atoms with Crippen molar-refractivity contribution in [2.75, 3.05) is 13.1 Å². The minimum Gasteiger partial charge on any atom is -0.339 e. The van der Waals surface area contributed by atoms with E-state index in [0.717, 1.165) is 50.2 Å². The van der Waals surface area contributed by atoms with Crippen LogP contribution in [0.4, 0.5) is 0 Å². The van der Waals surface area contributed by atoms with Crippen LogP contribution >= 0.6 is 11.3 Å². The molecule has 0 radical (unpaired) electrons. The lowest BCUT2D eigenvalue weighted by atomic mass is 9.93. The molecule has 0 aromatic carbocycles. The van der Waals surface area contributed by atoms with E-state index in [0.29, 0.717) is 5.82 Å². The molecule has 1 aliphatic heterocycles. The van der Waals surface area contributed by atoms with Gasteiger partial charge in [-0.25, -0.2) is 0 Å².